The van der Waals surface area contributed by atoms with Gasteiger partial charge < -0.3 is 0 Å². The van der Waals surface area contributed by atoms with E-state index in [0.29, 0.717) is 10.0 Å². The highest BCUT2D eigenvalue weighted by molar-refractivity contribution is 9.11. The molecular weight excluding hydrogens is 375 g/mol. The minimum Gasteiger partial charge on any atom is -0.0843 e. The summed E-state index contributed by atoms with van der Waals surface area (Å²) in [5, 5.41) is 1.28. The molecule has 0 saturated heterocycles. The van der Waals surface area contributed by atoms with Crippen LogP contribution in [-0.2, 0) is 0 Å². The van der Waals surface area contributed by atoms with Gasteiger partial charge >= 0.3 is 0 Å². The van der Waals surface area contributed by atoms with Gasteiger partial charge in [0.2, 0.25) is 0 Å². The Morgan fingerprint density at radius 1 is 0.625 bits per heavy atom. The molecule has 0 nitrogen and oxygen atoms in total. The van der Waals surface area contributed by atoms with Crippen LogP contribution < -0.4 is 0 Å². The topological polar surface area (TPSA) is 0 Å². The first-order valence-electron chi connectivity index (χ1n) is 4.47. The second-order valence-corrected chi connectivity index (χ2v) is 6.02. The van der Waals surface area contributed by atoms with E-state index in [1.54, 1.807) is 6.07 Å². The van der Waals surface area contributed by atoms with Crippen LogP contribution in [-0.4, -0.2) is 0 Å². The summed E-state index contributed by atoms with van der Waals surface area (Å²) < 4.78 is 2.01. The Hall–Kier alpha value is -0.0200. The molecule has 2 rings (SSSR count). The highest BCUT2D eigenvalue weighted by Crippen LogP contribution is 2.31. The summed E-state index contributed by atoms with van der Waals surface area (Å²) in [6.45, 7) is 0. The molecule has 0 bridgehead atoms. The van der Waals surface area contributed by atoms with Gasteiger partial charge in [0.05, 0.1) is 0 Å². The molecule has 0 atom stereocenters. The van der Waals surface area contributed by atoms with Crippen molar-refractivity contribution in [3.63, 3.8) is 0 Å². The van der Waals surface area contributed by atoms with Gasteiger partial charge in [-0.2, -0.15) is 0 Å². The van der Waals surface area contributed by atoms with Crippen molar-refractivity contribution in [3.8, 4) is 11.1 Å². The summed E-state index contributed by atoms with van der Waals surface area (Å²) in [7, 11) is 0. The van der Waals surface area contributed by atoms with Crippen molar-refractivity contribution in [2.45, 2.75) is 0 Å². The lowest BCUT2D eigenvalue weighted by Crippen LogP contribution is -1.79. The van der Waals surface area contributed by atoms with Gasteiger partial charge in [-0.05, 0) is 47.5 Å². The quantitative estimate of drug-likeness (QED) is 0.553. The SMILES string of the molecule is Clc1cc(Cl)cc(-c2cc(Br)cc(Br)c2)c1. The Balaban J connectivity index is 2.57. The second-order valence-electron chi connectivity index (χ2n) is 3.32. The molecule has 0 unspecified atom stereocenters. The predicted molar refractivity (Wildman–Crippen MR) is 77.3 cm³/mol. The maximum Gasteiger partial charge on any atom is 0.0426 e. The third-order valence-corrected chi connectivity index (χ3v) is 3.41. The van der Waals surface area contributed by atoms with Crippen LogP contribution in [0.1, 0.15) is 0 Å². The summed E-state index contributed by atoms with van der Waals surface area (Å²) in [6, 6.07) is 11.5. The molecule has 0 radical (unpaired) electrons. The van der Waals surface area contributed by atoms with Gasteiger partial charge in [0.25, 0.3) is 0 Å². The Kier molecular flexibility index (Phi) is 3.96. The zero-order valence-electron chi connectivity index (χ0n) is 7.98. The van der Waals surface area contributed by atoms with Crippen LogP contribution in [0.25, 0.3) is 11.1 Å². The number of hydrogen-bond donors (Lipinski definition) is 0. The first kappa shape index (κ1) is 12.4. The summed E-state index contributed by atoms with van der Waals surface area (Å²) in [6.07, 6.45) is 0. The van der Waals surface area contributed by atoms with E-state index < -0.39 is 0 Å². The molecule has 0 heterocycles. The fourth-order valence-electron chi connectivity index (χ4n) is 1.44. The molecule has 16 heavy (non-hydrogen) atoms. The highest BCUT2D eigenvalue weighted by atomic mass is 79.9. The monoisotopic (exact) mass is 378 g/mol. The molecule has 0 fully saturated rings. The molecule has 0 aromatic heterocycles. The van der Waals surface area contributed by atoms with Gasteiger partial charge in [0.15, 0.2) is 0 Å². The smallest absolute Gasteiger partial charge is 0.0426 e. The van der Waals surface area contributed by atoms with Crippen molar-refractivity contribution in [2.24, 2.45) is 0 Å². The van der Waals surface area contributed by atoms with Crippen LogP contribution in [0.15, 0.2) is 45.3 Å². The molecule has 0 amide bonds. The van der Waals surface area contributed by atoms with Crippen LogP contribution in [0.3, 0.4) is 0 Å². The molecule has 4 heteroatoms. The van der Waals surface area contributed by atoms with Gasteiger partial charge in [-0.1, -0.05) is 55.1 Å². The van der Waals surface area contributed by atoms with E-state index in [2.05, 4.69) is 31.9 Å². The largest absolute Gasteiger partial charge is 0.0843 e. The van der Waals surface area contributed by atoms with Gasteiger partial charge in [-0.25, -0.2) is 0 Å². The van der Waals surface area contributed by atoms with Crippen molar-refractivity contribution in [1.82, 2.24) is 0 Å². The minimum absolute atomic E-state index is 0.638. The molecule has 0 aliphatic heterocycles. The van der Waals surface area contributed by atoms with Crippen molar-refractivity contribution in [1.29, 1.82) is 0 Å². The molecule has 0 aliphatic carbocycles. The van der Waals surface area contributed by atoms with Crippen LogP contribution in [0.5, 0.6) is 0 Å². The summed E-state index contributed by atoms with van der Waals surface area (Å²) in [4.78, 5) is 0. The standard InChI is InChI=1S/C12H6Br2Cl2/c13-9-1-7(2-10(14)5-9)8-3-11(15)6-12(16)4-8/h1-6H. The molecule has 2 aromatic rings. The minimum atomic E-state index is 0.638. The zero-order chi connectivity index (χ0) is 11.7. The van der Waals surface area contributed by atoms with Gasteiger partial charge in [-0.15, -0.1) is 0 Å². The molecule has 0 aliphatic rings. The molecular formula is C12H6Br2Cl2. The lowest BCUT2D eigenvalue weighted by atomic mass is 10.1. The number of hydrogen-bond acceptors (Lipinski definition) is 0. The fraction of sp³-hybridized carbons (Fsp3) is 0. The van der Waals surface area contributed by atoms with E-state index in [1.807, 2.05) is 30.3 Å². The summed E-state index contributed by atoms with van der Waals surface area (Å²) in [5.41, 5.74) is 2.06. The van der Waals surface area contributed by atoms with E-state index in [1.165, 1.54) is 0 Å². The maximum atomic E-state index is 5.97. The second kappa shape index (κ2) is 5.09. The first-order chi connectivity index (χ1) is 7.54. The summed E-state index contributed by atoms with van der Waals surface area (Å²) >= 11 is 18.8. The number of halogens is 4. The molecule has 0 saturated carbocycles. The third kappa shape index (κ3) is 3.01. The summed E-state index contributed by atoms with van der Waals surface area (Å²) in [5.74, 6) is 0. The third-order valence-electron chi connectivity index (χ3n) is 2.06. The Morgan fingerprint density at radius 3 is 1.56 bits per heavy atom. The normalized spacial score (nSPS) is 10.5. The Morgan fingerprint density at radius 2 is 1.06 bits per heavy atom. The van der Waals surface area contributed by atoms with Crippen molar-refractivity contribution < 1.29 is 0 Å². The van der Waals surface area contributed by atoms with Crippen LogP contribution in [0.2, 0.25) is 10.0 Å². The average Bonchev–Trinajstić information content (AvgIpc) is 2.14. The first-order valence-corrected chi connectivity index (χ1v) is 6.81. The fourth-order valence-corrected chi connectivity index (χ4v) is 3.26. The molecule has 2 aromatic carbocycles. The van der Waals surface area contributed by atoms with Crippen LogP contribution in [0.4, 0.5) is 0 Å². The van der Waals surface area contributed by atoms with Crippen molar-refractivity contribution in [3.05, 3.63) is 55.4 Å². The number of rotatable bonds is 1. The van der Waals surface area contributed by atoms with Gasteiger partial charge in [-0.3, -0.25) is 0 Å². The Bertz CT molecular complexity index is 449. The lowest BCUT2D eigenvalue weighted by Gasteiger charge is -2.05. The number of benzene rings is 2. The van der Waals surface area contributed by atoms with E-state index in [-0.39, 0.29) is 0 Å². The lowest BCUT2D eigenvalue weighted by molar-refractivity contribution is 1.56. The van der Waals surface area contributed by atoms with Crippen LogP contribution in [0, 0.1) is 0 Å². The van der Waals surface area contributed by atoms with Crippen molar-refractivity contribution >= 4 is 55.1 Å². The van der Waals surface area contributed by atoms with E-state index in [4.69, 9.17) is 23.2 Å². The van der Waals surface area contributed by atoms with Crippen molar-refractivity contribution in [2.75, 3.05) is 0 Å². The van der Waals surface area contributed by atoms with Gasteiger partial charge in [0, 0.05) is 19.0 Å². The maximum absolute atomic E-state index is 5.97. The molecule has 82 valence electrons. The predicted octanol–water partition coefficient (Wildman–Crippen LogP) is 6.19. The highest BCUT2D eigenvalue weighted by Gasteiger charge is 2.03. The zero-order valence-corrected chi connectivity index (χ0v) is 12.7. The van der Waals surface area contributed by atoms with E-state index in [0.717, 1.165) is 20.1 Å². The molecule has 0 spiro atoms. The Labute approximate surface area is 121 Å². The van der Waals surface area contributed by atoms with Crippen LogP contribution >= 0.6 is 55.1 Å². The molecule has 0 N–H and O–H groups in total. The average molecular weight is 381 g/mol. The van der Waals surface area contributed by atoms with Gasteiger partial charge in [0.1, 0.15) is 0 Å². The van der Waals surface area contributed by atoms with E-state index >= 15 is 0 Å². The van der Waals surface area contributed by atoms with E-state index in [9.17, 15) is 0 Å².